The van der Waals surface area contributed by atoms with Crippen molar-refractivity contribution >= 4 is 77.5 Å². The minimum Gasteiger partial charge on any atom is -0.444 e. The van der Waals surface area contributed by atoms with Crippen LogP contribution in [0.25, 0.3) is 10.2 Å². The highest BCUT2D eigenvalue weighted by Gasteiger charge is 2.30. The maximum Gasteiger partial charge on any atom is 0.415 e. The number of thiophene rings is 2. The second-order valence-electron chi connectivity index (χ2n) is 10.3. The Labute approximate surface area is 231 Å². The van der Waals surface area contributed by atoms with Crippen molar-refractivity contribution in [2.75, 3.05) is 4.90 Å². The SMILES string of the molecule is CC(F)C(Cc1sc2c(N(Cc3cccs3)C(=O)OC(C)(C)C)snc2c1Br)NC(=O)OC(C)(C)C. The lowest BCUT2D eigenvalue weighted by Crippen LogP contribution is -2.44. The van der Waals surface area contributed by atoms with E-state index in [0.717, 1.165) is 18.9 Å². The predicted molar refractivity (Wildman–Crippen MR) is 149 cm³/mol. The zero-order valence-electron chi connectivity index (χ0n) is 21.3. The van der Waals surface area contributed by atoms with Gasteiger partial charge < -0.3 is 14.8 Å². The molecule has 2 atom stereocenters. The highest BCUT2D eigenvalue weighted by atomic mass is 79.9. The molecule has 0 fully saturated rings. The average molecular weight is 621 g/mol. The number of hydrogen-bond acceptors (Lipinski definition) is 8. The Kier molecular flexibility index (Phi) is 9.06. The molecule has 3 aromatic rings. The molecular weight excluding hydrogens is 589 g/mol. The Hall–Kier alpha value is -1.76. The number of ether oxygens (including phenoxy) is 2. The Morgan fingerprint density at radius 2 is 1.86 bits per heavy atom. The molecule has 36 heavy (non-hydrogen) atoms. The second kappa shape index (κ2) is 11.3. The summed E-state index contributed by atoms with van der Waals surface area (Å²) in [6, 6.07) is 3.11. The third-order valence-corrected chi connectivity index (χ3v) is 8.91. The number of carbonyl (C=O) groups excluding carboxylic acids is 2. The molecule has 0 aliphatic rings. The highest BCUT2D eigenvalue weighted by Crippen LogP contribution is 2.44. The second-order valence-corrected chi connectivity index (χ2v) is 14.0. The van der Waals surface area contributed by atoms with Crippen molar-refractivity contribution < 1.29 is 23.5 Å². The third kappa shape index (κ3) is 7.62. The van der Waals surface area contributed by atoms with Gasteiger partial charge in [0.05, 0.1) is 21.8 Å². The van der Waals surface area contributed by atoms with E-state index in [1.807, 2.05) is 38.3 Å². The van der Waals surface area contributed by atoms with E-state index in [1.165, 1.54) is 29.8 Å². The molecule has 0 aliphatic carbocycles. The van der Waals surface area contributed by atoms with E-state index < -0.39 is 35.6 Å². The molecule has 0 saturated heterocycles. The molecule has 1 N–H and O–H groups in total. The predicted octanol–water partition coefficient (Wildman–Crippen LogP) is 7.92. The topological polar surface area (TPSA) is 80.8 Å². The number of halogens is 2. The number of aromatic nitrogens is 1. The molecule has 2 amide bonds. The largest absolute Gasteiger partial charge is 0.444 e. The van der Waals surface area contributed by atoms with E-state index in [-0.39, 0.29) is 6.42 Å². The molecule has 3 aromatic heterocycles. The van der Waals surface area contributed by atoms with Gasteiger partial charge in [-0.1, -0.05) is 6.07 Å². The Balaban J connectivity index is 1.92. The van der Waals surface area contributed by atoms with Gasteiger partial charge >= 0.3 is 12.2 Å². The van der Waals surface area contributed by atoms with Crippen molar-refractivity contribution in [3.63, 3.8) is 0 Å². The standard InChI is InChI=1S/C24H31BrFN3O4S3/c1-13(26)15(27-21(30)32-23(2,3)4)11-16-17(25)18-19(35-16)20(36-28-18)29(12-14-9-8-10-34-14)22(31)33-24(5,6)7/h8-10,13,15H,11-12H2,1-7H3,(H,27,30). The van der Waals surface area contributed by atoms with Crippen molar-refractivity contribution in [1.29, 1.82) is 0 Å². The van der Waals surface area contributed by atoms with Crippen LogP contribution < -0.4 is 10.2 Å². The number of alkyl carbamates (subject to hydrolysis) is 1. The van der Waals surface area contributed by atoms with Crippen molar-refractivity contribution in [3.05, 3.63) is 31.7 Å². The fourth-order valence-corrected chi connectivity index (χ4v) is 7.03. The maximum absolute atomic E-state index is 14.5. The summed E-state index contributed by atoms with van der Waals surface area (Å²) >= 11 is 7.79. The quantitative estimate of drug-likeness (QED) is 0.290. The van der Waals surface area contributed by atoms with Crippen LogP contribution in [0.1, 0.15) is 58.2 Å². The summed E-state index contributed by atoms with van der Waals surface area (Å²) in [4.78, 5) is 28.9. The molecule has 0 radical (unpaired) electrons. The van der Waals surface area contributed by atoms with Crippen molar-refractivity contribution in [2.45, 2.75) is 84.8 Å². The minimum atomic E-state index is -1.31. The van der Waals surface area contributed by atoms with Crippen LogP contribution in [0.2, 0.25) is 0 Å². The number of nitrogens with zero attached hydrogens (tertiary/aromatic N) is 2. The molecule has 0 aliphatic heterocycles. The summed E-state index contributed by atoms with van der Waals surface area (Å²) in [5.74, 6) is 0. The first-order chi connectivity index (χ1) is 16.6. The lowest BCUT2D eigenvalue weighted by Gasteiger charge is -2.26. The number of hydrogen-bond donors (Lipinski definition) is 1. The van der Waals surface area contributed by atoms with Crippen LogP contribution >= 0.6 is 50.1 Å². The first-order valence-corrected chi connectivity index (χ1v) is 14.6. The van der Waals surface area contributed by atoms with Crippen LogP contribution in [-0.4, -0.2) is 40.0 Å². The molecular formula is C24H31BrFN3O4S3. The number of anilines is 1. The van der Waals surface area contributed by atoms with Gasteiger partial charge in [0, 0.05) is 16.2 Å². The van der Waals surface area contributed by atoms with Gasteiger partial charge in [-0.05, 0) is 87.4 Å². The van der Waals surface area contributed by atoms with Gasteiger partial charge in [0.25, 0.3) is 0 Å². The molecule has 3 rings (SSSR count). The lowest BCUT2D eigenvalue weighted by molar-refractivity contribution is 0.0477. The molecule has 0 saturated carbocycles. The average Bonchev–Trinajstić information content (AvgIpc) is 3.42. The number of rotatable bonds is 7. The van der Waals surface area contributed by atoms with E-state index in [4.69, 9.17) is 9.47 Å². The highest BCUT2D eigenvalue weighted by molar-refractivity contribution is 9.10. The van der Waals surface area contributed by atoms with E-state index in [2.05, 4.69) is 25.6 Å². The molecule has 2 unspecified atom stereocenters. The summed E-state index contributed by atoms with van der Waals surface area (Å²) in [5.41, 5.74) is -0.655. The van der Waals surface area contributed by atoms with E-state index in [0.29, 0.717) is 17.1 Å². The van der Waals surface area contributed by atoms with Crippen LogP contribution in [0.4, 0.5) is 19.0 Å². The summed E-state index contributed by atoms with van der Waals surface area (Å²) in [6.07, 6.45) is -2.21. The van der Waals surface area contributed by atoms with Gasteiger partial charge in [0.1, 0.15) is 27.9 Å². The number of nitrogens with one attached hydrogen (secondary N) is 1. The van der Waals surface area contributed by atoms with Crippen LogP contribution in [-0.2, 0) is 22.4 Å². The molecule has 198 valence electrons. The van der Waals surface area contributed by atoms with Gasteiger partial charge in [-0.25, -0.2) is 14.0 Å². The maximum atomic E-state index is 14.5. The smallest absolute Gasteiger partial charge is 0.415 e. The van der Waals surface area contributed by atoms with Gasteiger partial charge in [0.2, 0.25) is 0 Å². The third-order valence-electron chi connectivity index (χ3n) is 4.73. The minimum absolute atomic E-state index is 0.236. The Bertz CT molecular complexity index is 1200. The van der Waals surface area contributed by atoms with Crippen LogP contribution in [0.3, 0.4) is 0 Å². The summed E-state index contributed by atoms with van der Waals surface area (Å²) < 4.78 is 31.6. The van der Waals surface area contributed by atoms with Crippen LogP contribution in [0.5, 0.6) is 0 Å². The van der Waals surface area contributed by atoms with Crippen molar-refractivity contribution in [3.8, 4) is 0 Å². The number of alkyl halides is 1. The van der Waals surface area contributed by atoms with E-state index >= 15 is 0 Å². The van der Waals surface area contributed by atoms with Gasteiger partial charge in [-0.2, -0.15) is 4.37 Å². The van der Waals surface area contributed by atoms with Crippen molar-refractivity contribution in [2.24, 2.45) is 0 Å². The van der Waals surface area contributed by atoms with E-state index in [9.17, 15) is 14.0 Å². The van der Waals surface area contributed by atoms with Gasteiger partial charge in [0.15, 0.2) is 0 Å². The molecule has 12 heteroatoms. The zero-order chi connectivity index (χ0) is 26.8. The summed E-state index contributed by atoms with van der Waals surface area (Å²) in [5, 5.41) is 5.27. The summed E-state index contributed by atoms with van der Waals surface area (Å²) in [7, 11) is 0. The Morgan fingerprint density at radius 3 is 2.42 bits per heavy atom. The molecule has 0 aromatic carbocycles. The first kappa shape index (κ1) is 28.8. The van der Waals surface area contributed by atoms with Crippen LogP contribution in [0, 0.1) is 0 Å². The van der Waals surface area contributed by atoms with Gasteiger partial charge in [-0.15, -0.1) is 22.7 Å². The first-order valence-electron chi connectivity index (χ1n) is 11.4. The zero-order valence-corrected chi connectivity index (χ0v) is 25.3. The van der Waals surface area contributed by atoms with E-state index in [1.54, 1.807) is 37.0 Å². The fourth-order valence-electron chi connectivity index (χ4n) is 3.19. The number of fused-ring (bicyclic) bond motifs is 1. The van der Waals surface area contributed by atoms with Crippen molar-refractivity contribution in [1.82, 2.24) is 9.69 Å². The molecule has 0 spiro atoms. The molecule has 7 nitrogen and oxygen atoms in total. The van der Waals surface area contributed by atoms with Gasteiger partial charge in [-0.3, -0.25) is 4.90 Å². The van der Waals surface area contributed by atoms with Crippen LogP contribution in [0.15, 0.2) is 22.0 Å². The Morgan fingerprint density at radius 1 is 1.19 bits per heavy atom. The monoisotopic (exact) mass is 619 g/mol. The summed E-state index contributed by atoms with van der Waals surface area (Å²) in [6.45, 7) is 12.5. The normalized spacial score (nSPS) is 13.9. The molecule has 0 bridgehead atoms. The lowest BCUT2D eigenvalue weighted by atomic mass is 10.1. The number of carbonyl (C=O) groups is 2. The number of amides is 2. The fraction of sp³-hybridized carbons (Fsp3) is 0.542. The molecule has 3 heterocycles.